The first-order valence-electron chi connectivity index (χ1n) is 5.75. The van der Waals surface area contributed by atoms with Gasteiger partial charge in [-0.2, -0.15) is 0 Å². The summed E-state index contributed by atoms with van der Waals surface area (Å²) in [6.07, 6.45) is 4.91. The summed E-state index contributed by atoms with van der Waals surface area (Å²) < 4.78 is 6.68. The van der Waals surface area contributed by atoms with Crippen LogP contribution in [0.2, 0.25) is 0 Å². The van der Waals surface area contributed by atoms with E-state index in [0.717, 1.165) is 28.8 Å². The van der Waals surface area contributed by atoms with Gasteiger partial charge in [0.25, 0.3) is 0 Å². The van der Waals surface area contributed by atoms with Gasteiger partial charge in [0.2, 0.25) is 0 Å². The molecule has 3 heteroatoms. The van der Waals surface area contributed by atoms with Crippen LogP contribution in [0.4, 0.5) is 0 Å². The van der Waals surface area contributed by atoms with Crippen LogP contribution in [0.1, 0.15) is 38.2 Å². The molecule has 0 bridgehead atoms. The Bertz CT molecular complexity index is 315. The average molecular weight is 306 g/mol. The Balaban J connectivity index is 2.36. The maximum Gasteiger partial charge on any atom is 0.133 e. The largest absolute Gasteiger partial charge is 0.492 e. The molecule has 0 unspecified atom stereocenters. The molecule has 90 valence electrons. The molecule has 0 radical (unpaired) electrons. The maximum atomic E-state index is 5.75. The van der Waals surface area contributed by atoms with E-state index < -0.39 is 0 Å². The van der Waals surface area contributed by atoms with Crippen molar-refractivity contribution in [2.75, 3.05) is 6.61 Å². The number of ether oxygens (including phenoxy) is 1. The summed E-state index contributed by atoms with van der Waals surface area (Å²) in [6.45, 7) is 3.00. The molecule has 0 spiro atoms. The van der Waals surface area contributed by atoms with Gasteiger partial charge in [-0.15, -0.1) is 11.6 Å². The highest BCUT2D eigenvalue weighted by molar-refractivity contribution is 9.10. The summed E-state index contributed by atoms with van der Waals surface area (Å²) in [5, 5.41) is 0. The molecule has 0 amide bonds. The minimum atomic E-state index is 0.537. The fraction of sp³-hybridized carbons (Fsp3) is 0.538. The van der Waals surface area contributed by atoms with Gasteiger partial charge in [-0.25, -0.2) is 0 Å². The summed E-state index contributed by atoms with van der Waals surface area (Å²) in [5.74, 6) is 1.44. The van der Waals surface area contributed by atoms with Crippen molar-refractivity contribution in [2.45, 2.75) is 38.5 Å². The number of benzene rings is 1. The van der Waals surface area contributed by atoms with E-state index in [2.05, 4.69) is 22.9 Å². The van der Waals surface area contributed by atoms with Crippen molar-refractivity contribution in [1.29, 1.82) is 0 Å². The molecule has 1 aromatic rings. The third-order valence-electron chi connectivity index (χ3n) is 2.41. The lowest BCUT2D eigenvalue weighted by molar-refractivity contribution is 0.303. The van der Waals surface area contributed by atoms with E-state index in [1.165, 1.54) is 19.3 Å². The van der Waals surface area contributed by atoms with Crippen molar-refractivity contribution in [2.24, 2.45) is 0 Å². The van der Waals surface area contributed by atoms with Gasteiger partial charge in [0.15, 0.2) is 0 Å². The highest BCUT2D eigenvalue weighted by atomic mass is 79.9. The van der Waals surface area contributed by atoms with Crippen molar-refractivity contribution < 1.29 is 4.74 Å². The molecular weight excluding hydrogens is 287 g/mol. The van der Waals surface area contributed by atoms with E-state index in [1.807, 2.05) is 18.2 Å². The molecular formula is C13H18BrClO. The fourth-order valence-corrected chi connectivity index (χ4v) is 2.16. The van der Waals surface area contributed by atoms with Crippen molar-refractivity contribution in [3.05, 3.63) is 28.2 Å². The number of hydrogen-bond donors (Lipinski definition) is 0. The van der Waals surface area contributed by atoms with E-state index in [-0.39, 0.29) is 0 Å². The van der Waals surface area contributed by atoms with Gasteiger partial charge < -0.3 is 4.74 Å². The molecule has 0 N–H and O–H groups in total. The van der Waals surface area contributed by atoms with Crippen LogP contribution in [0, 0.1) is 0 Å². The lowest BCUT2D eigenvalue weighted by atomic mass is 10.2. The predicted octanol–water partition coefficient (Wildman–Crippen LogP) is 5.15. The van der Waals surface area contributed by atoms with Crippen molar-refractivity contribution in [1.82, 2.24) is 0 Å². The molecule has 1 nitrogen and oxygen atoms in total. The predicted molar refractivity (Wildman–Crippen MR) is 73.3 cm³/mol. The monoisotopic (exact) mass is 304 g/mol. The maximum absolute atomic E-state index is 5.75. The highest BCUT2D eigenvalue weighted by Gasteiger charge is 2.01. The molecule has 16 heavy (non-hydrogen) atoms. The van der Waals surface area contributed by atoms with Crippen LogP contribution in [0.3, 0.4) is 0 Å². The molecule has 1 aromatic carbocycles. The lowest BCUT2D eigenvalue weighted by Crippen LogP contribution is -1.98. The summed E-state index contributed by atoms with van der Waals surface area (Å²) >= 11 is 9.24. The third-order valence-corrected chi connectivity index (χ3v) is 3.33. The van der Waals surface area contributed by atoms with Crippen molar-refractivity contribution >= 4 is 27.5 Å². The first-order valence-corrected chi connectivity index (χ1v) is 7.08. The Morgan fingerprint density at radius 2 is 2.06 bits per heavy atom. The zero-order valence-electron chi connectivity index (χ0n) is 9.64. The Kier molecular flexibility index (Phi) is 6.90. The second kappa shape index (κ2) is 7.97. The Morgan fingerprint density at radius 1 is 1.25 bits per heavy atom. The minimum Gasteiger partial charge on any atom is -0.492 e. The molecule has 0 fully saturated rings. The van der Waals surface area contributed by atoms with Crippen molar-refractivity contribution in [3.8, 4) is 5.75 Å². The number of unbranched alkanes of at least 4 members (excludes halogenated alkanes) is 3. The Labute approximate surface area is 111 Å². The standard InChI is InChI=1S/C13H18BrClO/c1-2-3-4-5-8-16-13-7-6-11(10-15)9-12(13)14/h6-7,9H,2-5,8,10H2,1H3. The van der Waals surface area contributed by atoms with Gasteiger partial charge in [-0.3, -0.25) is 0 Å². The summed E-state index contributed by atoms with van der Waals surface area (Å²) in [7, 11) is 0. The Morgan fingerprint density at radius 3 is 2.69 bits per heavy atom. The first-order chi connectivity index (χ1) is 7.77. The average Bonchev–Trinajstić information content (AvgIpc) is 2.30. The SMILES string of the molecule is CCCCCCOc1ccc(CCl)cc1Br. The molecule has 1 rings (SSSR count). The molecule has 0 aliphatic rings. The number of hydrogen-bond acceptors (Lipinski definition) is 1. The highest BCUT2D eigenvalue weighted by Crippen LogP contribution is 2.26. The zero-order chi connectivity index (χ0) is 11.8. The van der Waals surface area contributed by atoms with Crippen LogP contribution in [-0.4, -0.2) is 6.61 Å². The van der Waals surface area contributed by atoms with Gasteiger partial charge >= 0.3 is 0 Å². The summed E-state index contributed by atoms with van der Waals surface area (Å²) in [4.78, 5) is 0. The molecule has 0 heterocycles. The van der Waals surface area contributed by atoms with Gasteiger partial charge in [0.05, 0.1) is 11.1 Å². The van der Waals surface area contributed by atoms with E-state index in [9.17, 15) is 0 Å². The lowest BCUT2D eigenvalue weighted by Gasteiger charge is -2.08. The molecule has 0 saturated heterocycles. The molecule has 0 aromatic heterocycles. The molecule has 0 saturated carbocycles. The minimum absolute atomic E-state index is 0.537. The van der Waals surface area contributed by atoms with Crippen LogP contribution in [0.25, 0.3) is 0 Å². The molecule has 0 aliphatic heterocycles. The second-order valence-electron chi connectivity index (χ2n) is 3.81. The fourth-order valence-electron chi connectivity index (χ4n) is 1.46. The first kappa shape index (κ1) is 13.9. The van der Waals surface area contributed by atoms with Crippen LogP contribution >= 0.6 is 27.5 Å². The zero-order valence-corrected chi connectivity index (χ0v) is 12.0. The third kappa shape index (κ3) is 4.75. The normalized spacial score (nSPS) is 10.4. The topological polar surface area (TPSA) is 9.23 Å². The number of rotatable bonds is 7. The van der Waals surface area contributed by atoms with E-state index >= 15 is 0 Å². The second-order valence-corrected chi connectivity index (χ2v) is 4.93. The summed E-state index contributed by atoms with van der Waals surface area (Å²) in [5.41, 5.74) is 1.10. The van der Waals surface area contributed by atoms with Crippen LogP contribution in [0.5, 0.6) is 5.75 Å². The van der Waals surface area contributed by atoms with Gasteiger partial charge in [0.1, 0.15) is 5.75 Å². The smallest absolute Gasteiger partial charge is 0.133 e. The van der Waals surface area contributed by atoms with E-state index in [1.54, 1.807) is 0 Å². The van der Waals surface area contributed by atoms with E-state index in [0.29, 0.717) is 5.88 Å². The van der Waals surface area contributed by atoms with E-state index in [4.69, 9.17) is 16.3 Å². The van der Waals surface area contributed by atoms with Crippen LogP contribution < -0.4 is 4.74 Å². The van der Waals surface area contributed by atoms with Gasteiger partial charge in [-0.1, -0.05) is 32.3 Å². The van der Waals surface area contributed by atoms with Gasteiger partial charge in [0, 0.05) is 5.88 Å². The molecule has 0 aliphatic carbocycles. The quantitative estimate of drug-likeness (QED) is 0.500. The number of halogens is 2. The number of alkyl halides is 1. The Hall–Kier alpha value is -0.210. The van der Waals surface area contributed by atoms with Gasteiger partial charge in [-0.05, 0) is 40.0 Å². The van der Waals surface area contributed by atoms with Crippen LogP contribution in [0.15, 0.2) is 22.7 Å². The summed E-state index contributed by atoms with van der Waals surface area (Å²) in [6, 6.07) is 5.98. The van der Waals surface area contributed by atoms with Crippen molar-refractivity contribution in [3.63, 3.8) is 0 Å². The van der Waals surface area contributed by atoms with Crippen LogP contribution in [-0.2, 0) is 5.88 Å². The molecule has 0 atom stereocenters.